The normalized spacial score (nSPS) is 13.3. The highest BCUT2D eigenvalue weighted by atomic mass is 14.7. The van der Waals surface area contributed by atoms with Gasteiger partial charge in [0.15, 0.2) is 0 Å². The second-order valence-electron chi connectivity index (χ2n) is 14.0. The van der Waals surface area contributed by atoms with Gasteiger partial charge in [0.05, 0.1) is 11.2 Å². The Balaban J connectivity index is 1.10. The van der Waals surface area contributed by atoms with E-state index in [1.165, 1.54) is 82.2 Å². The Bertz CT molecular complexity index is 2800. The van der Waals surface area contributed by atoms with Crippen molar-refractivity contribution in [2.24, 2.45) is 0 Å². The fraction of sp³-hybridized carbons (Fsp3) is 0.0625. The lowest BCUT2D eigenvalue weighted by atomic mass is 9.81. The zero-order valence-electron chi connectivity index (χ0n) is 27.5. The maximum atomic E-state index is 5.33. The highest BCUT2D eigenvalue weighted by Crippen LogP contribution is 2.53. The summed E-state index contributed by atoms with van der Waals surface area (Å²) in [6, 6.07) is 60.0. The second kappa shape index (κ2) is 10.5. The van der Waals surface area contributed by atoms with Gasteiger partial charge in [-0.05, 0) is 96.4 Å². The third-order valence-electron chi connectivity index (χ3n) is 10.8. The van der Waals surface area contributed by atoms with E-state index >= 15 is 0 Å². The van der Waals surface area contributed by atoms with Gasteiger partial charge in [-0.15, -0.1) is 0 Å². The van der Waals surface area contributed by atoms with Crippen LogP contribution < -0.4 is 0 Å². The second-order valence-corrected chi connectivity index (χ2v) is 14.0. The number of hydrogen-bond acceptors (Lipinski definition) is 1. The maximum absolute atomic E-state index is 5.33. The van der Waals surface area contributed by atoms with Gasteiger partial charge in [-0.3, -0.25) is 0 Å². The van der Waals surface area contributed by atoms with Crippen molar-refractivity contribution < 1.29 is 0 Å². The van der Waals surface area contributed by atoms with Crippen LogP contribution in [-0.4, -0.2) is 4.98 Å². The molecule has 0 aliphatic heterocycles. The first-order valence-electron chi connectivity index (χ1n) is 17.1. The first-order valence-corrected chi connectivity index (χ1v) is 17.1. The Morgan fingerprint density at radius 3 is 1.78 bits per heavy atom. The lowest BCUT2D eigenvalue weighted by molar-refractivity contribution is 0.661. The van der Waals surface area contributed by atoms with Gasteiger partial charge in [0.25, 0.3) is 0 Å². The quantitative estimate of drug-likeness (QED) is 0.178. The van der Waals surface area contributed by atoms with Crippen LogP contribution in [0.5, 0.6) is 0 Å². The van der Waals surface area contributed by atoms with Gasteiger partial charge in [0.2, 0.25) is 0 Å². The van der Waals surface area contributed by atoms with Crippen LogP contribution in [0.25, 0.3) is 87.9 Å². The number of hydrogen-bond donors (Lipinski definition) is 0. The average molecular weight is 624 g/mol. The fourth-order valence-electron chi connectivity index (χ4n) is 8.27. The molecule has 0 unspecified atom stereocenters. The lowest BCUT2D eigenvalue weighted by Crippen LogP contribution is -2.14. The van der Waals surface area contributed by atoms with Crippen molar-refractivity contribution in [3.8, 4) is 44.6 Å². The largest absolute Gasteiger partial charge is 0.247 e. The van der Waals surface area contributed by atoms with Gasteiger partial charge in [-0.25, -0.2) is 4.98 Å². The number of rotatable bonds is 3. The van der Waals surface area contributed by atoms with Gasteiger partial charge in [-0.1, -0.05) is 147 Å². The van der Waals surface area contributed by atoms with Crippen molar-refractivity contribution in [3.63, 3.8) is 0 Å². The maximum Gasteiger partial charge on any atom is 0.0788 e. The molecule has 230 valence electrons. The number of benzene rings is 8. The number of para-hydroxylation sites is 1. The third kappa shape index (κ3) is 4.29. The Morgan fingerprint density at radius 1 is 0.408 bits per heavy atom. The number of nitrogens with zero attached hydrogens (tertiary/aromatic N) is 1. The molecule has 1 heteroatoms. The van der Waals surface area contributed by atoms with Crippen LogP contribution in [0.3, 0.4) is 0 Å². The summed E-state index contributed by atoms with van der Waals surface area (Å²) in [4.78, 5) is 5.33. The topological polar surface area (TPSA) is 12.9 Å². The minimum Gasteiger partial charge on any atom is -0.247 e. The Kier molecular flexibility index (Phi) is 5.99. The molecule has 0 atom stereocenters. The summed E-state index contributed by atoms with van der Waals surface area (Å²) in [6.07, 6.45) is 0. The van der Waals surface area contributed by atoms with Gasteiger partial charge >= 0.3 is 0 Å². The molecule has 1 aliphatic rings. The van der Waals surface area contributed by atoms with Crippen molar-refractivity contribution in [2.75, 3.05) is 0 Å². The van der Waals surface area contributed by atoms with Crippen LogP contribution in [0.4, 0.5) is 0 Å². The molecule has 10 rings (SSSR count). The van der Waals surface area contributed by atoms with Crippen LogP contribution in [0.1, 0.15) is 25.0 Å². The first kappa shape index (κ1) is 28.0. The van der Waals surface area contributed by atoms with Gasteiger partial charge < -0.3 is 0 Å². The molecule has 0 spiro atoms. The molecule has 1 nitrogen and oxygen atoms in total. The van der Waals surface area contributed by atoms with Crippen LogP contribution in [0.2, 0.25) is 0 Å². The molecule has 8 aromatic carbocycles. The van der Waals surface area contributed by atoms with E-state index in [2.05, 4.69) is 178 Å². The highest BCUT2D eigenvalue weighted by Gasteiger charge is 2.36. The van der Waals surface area contributed by atoms with Crippen molar-refractivity contribution in [2.45, 2.75) is 19.3 Å². The number of aromatic nitrogens is 1. The molecule has 0 fully saturated rings. The van der Waals surface area contributed by atoms with E-state index in [1.54, 1.807) is 0 Å². The molecule has 1 aliphatic carbocycles. The SMILES string of the molecule is CC1(C)c2ccccc2-c2c1ccc1c(-c3cccc(-c4ccc5cc(-c6ccc7ccccc7c6)ccc5c4)c3)nc3ccccc3c21. The number of fused-ring (bicyclic) bond motifs is 9. The van der Waals surface area contributed by atoms with Gasteiger partial charge in [-0.2, -0.15) is 0 Å². The minimum atomic E-state index is -0.0586. The summed E-state index contributed by atoms with van der Waals surface area (Å²) >= 11 is 0. The van der Waals surface area contributed by atoms with E-state index in [4.69, 9.17) is 4.98 Å². The van der Waals surface area contributed by atoms with E-state index in [0.29, 0.717) is 0 Å². The van der Waals surface area contributed by atoms with Crippen LogP contribution in [0.15, 0.2) is 164 Å². The summed E-state index contributed by atoms with van der Waals surface area (Å²) in [6.45, 7) is 4.70. The molecule has 9 aromatic rings. The van der Waals surface area contributed by atoms with Crippen molar-refractivity contribution >= 4 is 43.2 Å². The summed E-state index contributed by atoms with van der Waals surface area (Å²) < 4.78 is 0. The van der Waals surface area contributed by atoms with E-state index in [1.807, 2.05) is 0 Å². The van der Waals surface area contributed by atoms with E-state index in [0.717, 1.165) is 16.8 Å². The Labute approximate surface area is 286 Å². The molecule has 0 amide bonds. The predicted octanol–water partition coefficient (Wildman–Crippen LogP) is 13.0. The molecule has 0 saturated carbocycles. The van der Waals surface area contributed by atoms with Gasteiger partial charge in [0.1, 0.15) is 0 Å². The smallest absolute Gasteiger partial charge is 0.0788 e. The summed E-state index contributed by atoms with van der Waals surface area (Å²) in [7, 11) is 0. The molecule has 49 heavy (non-hydrogen) atoms. The van der Waals surface area contributed by atoms with E-state index in [-0.39, 0.29) is 5.41 Å². The first-order chi connectivity index (χ1) is 24.0. The van der Waals surface area contributed by atoms with Crippen LogP contribution in [-0.2, 0) is 5.41 Å². The molecule has 0 radical (unpaired) electrons. The van der Waals surface area contributed by atoms with Crippen molar-refractivity contribution in [1.29, 1.82) is 0 Å². The van der Waals surface area contributed by atoms with Crippen LogP contribution in [0, 0.1) is 0 Å². The lowest BCUT2D eigenvalue weighted by Gasteiger charge is -2.22. The fourth-order valence-corrected chi connectivity index (χ4v) is 8.27. The monoisotopic (exact) mass is 623 g/mol. The van der Waals surface area contributed by atoms with Crippen molar-refractivity contribution in [3.05, 3.63) is 175 Å². The predicted molar refractivity (Wildman–Crippen MR) is 208 cm³/mol. The standard InChI is InChI=1S/C48H33N/c1-48(2)42-16-7-5-14-39(42)46-43(48)25-24-41-45(46)40-15-6-8-17-44(40)49-47(41)38-13-9-12-32(29-38)33-20-21-37-28-36(23-22-35(37)27-33)34-19-18-30-10-3-4-11-31(30)26-34/h3-29H,1-2H3. The zero-order chi connectivity index (χ0) is 32.7. The number of pyridine rings is 1. The van der Waals surface area contributed by atoms with E-state index in [9.17, 15) is 0 Å². The zero-order valence-corrected chi connectivity index (χ0v) is 27.5. The summed E-state index contributed by atoms with van der Waals surface area (Å²) in [5, 5.41) is 8.71. The van der Waals surface area contributed by atoms with Crippen LogP contribution >= 0.6 is 0 Å². The minimum absolute atomic E-state index is 0.0586. The molecular weight excluding hydrogens is 591 g/mol. The Morgan fingerprint density at radius 2 is 1.00 bits per heavy atom. The molecule has 1 aromatic heterocycles. The summed E-state index contributed by atoms with van der Waals surface area (Å²) in [5.74, 6) is 0. The molecule has 0 bridgehead atoms. The molecule has 1 heterocycles. The molecular formula is C48H33N. The average Bonchev–Trinajstić information content (AvgIpc) is 3.40. The molecule has 0 saturated heterocycles. The summed E-state index contributed by atoms with van der Waals surface area (Å²) in [5.41, 5.74) is 13.5. The molecule has 0 N–H and O–H groups in total. The highest BCUT2D eigenvalue weighted by molar-refractivity contribution is 6.19. The van der Waals surface area contributed by atoms with Gasteiger partial charge in [0, 0.05) is 27.1 Å². The third-order valence-corrected chi connectivity index (χ3v) is 10.8. The van der Waals surface area contributed by atoms with E-state index < -0.39 is 0 Å². The van der Waals surface area contributed by atoms with Crippen molar-refractivity contribution in [1.82, 2.24) is 4.98 Å². The Hall–Kier alpha value is -6.05.